The van der Waals surface area contributed by atoms with Crippen molar-refractivity contribution >= 4 is 40.6 Å². The molecule has 3 N–H and O–H groups in total. The molecule has 0 saturated carbocycles. The van der Waals surface area contributed by atoms with Gasteiger partial charge < -0.3 is 11.1 Å². The molecule has 0 bridgehead atoms. The standard InChI is InChI=1S/C12H9Cl2N3O/c13-7-3-1-5-9(15)10(7)12(18)17-11-8(14)4-2-6-16-11/h1-6H,15H2,(H,16,17,18). The minimum absolute atomic E-state index is 0.209. The van der Waals surface area contributed by atoms with Gasteiger partial charge in [0.05, 0.1) is 15.6 Å². The van der Waals surface area contributed by atoms with Crippen LogP contribution in [0.2, 0.25) is 10.0 Å². The van der Waals surface area contributed by atoms with Gasteiger partial charge in [-0.15, -0.1) is 0 Å². The first-order valence-electron chi connectivity index (χ1n) is 5.05. The molecule has 0 unspecified atom stereocenters. The maximum atomic E-state index is 12.0. The minimum Gasteiger partial charge on any atom is -0.398 e. The zero-order valence-corrected chi connectivity index (χ0v) is 10.7. The highest BCUT2D eigenvalue weighted by Gasteiger charge is 2.15. The smallest absolute Gasteiger partial charge is 0.260 e. The summed E-state index contributed by atoms with van der Waals surface area (Å²) in [5.41, 5.74) is 6.22. The van der Waals surface area contributed by atoms with Gasteiger partial charge in [-0.25, -0.2) is 4.98 Å². The van der Waals surface area contributed by atoms with Crippen molar-refractivity contribution in [2.75, 3.05) is 11.1 Å². The molecule has 0 radical (unpaired) electrons. The Morgan fingerprint density at radius 1 is 1.17 bits per heavy atom. The fourth-order valence-corrected chi connectivity index (χ4v) is 1.86. The van der Waals surface area contributed by atoms with Crippen LogP contribution in [0.15, 0.2) is 36.5 Å². The van der Waals surface area contributed by atoms with Gasteiger partial charge in [-0.3, -0.25) is 4.79 Å². The van der Waals surface area contributed by atoms with E-state index < -0.39 is 5.91 Å². The topological polar surface area (TPSA) is 68.0 Å². The Morgan fingerprint density at radius 3 is 2.56 bits per heavy atom. The molecular weight excluding hydrogens is 273 g/mol. The number of hydrogen-bond donors (Lipinski definition) is 2. The van der Waals surface area contributed by atoms with Crippen molar-refractivity contribution in [1.82, 2.24) is 4.98 Å². The lowest BCUT2D eigenvalue weighted by Crippen LogP contribution is -2.15. The minimum atomic E-state index is -0.446. The molecule has 0 aliphatic carbocycles. The van der Waals surface area contributed by atoms with Gasteiger partial charge in [-0.2, -0.15) is 0 Å². The Labute approximate surface area is 114 Å². The summed E-state index contributed by atoms with van der Waals surface area (Å²) in [5, 5.41) is 3.18. The highest BCUT2D eigenvalue weighted by Crippen LogP contribution is 2.24. The molecule has 4 nitrogen and oxygen atoms in total. The number of nitrogens with two attached hydrogens (primary N) is 1. The average Bonchev–Trinajstić information content (AvgIpc) is 2.32. The first-order chi connectivity index (χ1) is 8.59. The molecule has 1 heterocycles. The molecule has 0 spiro atoms. The van der Waals surface area contributed by atoms with Crippen LogP contribution in [0.4, 0.5) is 11.5 Å². The molecule has 0 aliphatic rings. The Morgan fingerprint density at radius 2 is 1.89 bits per heavy atom. The summed E-state index contributed by atoms with van der Waals surface area (Å²) in [6, 6.07) is 8.15. The second-order valence-electron chi connectivity index (χ2n) is 3.49. The van der Waals surface area contributed by atoms with Crippen LogP contribution < -0.4 is 11.1 Å². The van der Waals surface area contributed by atoms with E-state index >= 15 is 0 Å². The van der Waals surface area contributed by atoms with E-state index in [1.165, 1.54) is 6.20 Å². The second-order valence-corrected chi connectivity index (χ2v) is 4.31. The van der Waals surface area contributed by atoms with E-state index in [1.54, 1.807) is 30.3 Å². The number of halogens is 2. The molecule has 92 valence electrons. The zero-order valence-electron chi connectivity index (χ0n) is 9.15. The average molecular weight is 282 g/mol. The normalized spacial score (nSPS) is 10.1. The van der Waals surface area contributed by atoms with E-state index in [0.29, 0.717) is 10.7 Å². The van der Waals surface area contributed by atoms with E-state index in [4.69, 9.17) is 28.9 Å². The number of aromatic nitrogens is 1. The van der Waals surface area contributed by atoms with Gasteiger partial charge in [0.15, 0.2) is 5.82 Å². The summed E-state index contributed by atoms with van der Waals surface area (Å²) >= 11 is 11.8. The van der Waals surface area contributed by atoms with Crippen LogP contribution in [0.1, 0.15) is 10.4 Å². The summed E-state index contributed by atoms with van der Waals surface area (Å²) in [5.74, 6) is -0.179. The van der Waals surface area contributed by atoms with Crippen LogP contribution in [0.5, 0.6) is 0 Å². The predicted molar refractivity (Wildman–Crippen MR) is 73.1 cm³/mol. The monoisotopic (exact) mass is 281 g/mol. The third-order valence-electron chi connectivity index (χ3n) is 2.26. The van der Waals surface area contributed by atoms with E-state index in [0.717, 1.165) is 0 Å². The van der Waals surface area contributed by atoms with Crippen LogP contribution in [-0.2, 0) is 0 Å². The molecule has 0 fully saturated rings. The van der Waals surface area contributed by atoms with Crippen molar-refractivity contribution in [3.63, 3.8) is 0 Å². The molecular formula is C12H9Cl2N3O. The summed E-state index contributed by atoms with van der Waals surface area (Å²) in [7, 11) is 0. The zero-order chi connectivity index (χ0) is 13.1. The van der Waals surface area contributed by atoms with Crippen LogP contribution in [-0.4, -0.2) is 10.9 Å². The van der Waals surface area contributed by atoms with Gasteiger partial charge >= 0.3 is 0 Å². The molecule has 0 aliphatic heterocycles. The van der Waals surface area contributed by atoms with E-state index in [9.17, 15) is 4.79 Å². The molecule has 2 aromatic rings. The number of benzene rings is 1. The van der Waals surface area contributed by atoms with Crippen LogP contribution >= 0.6 is 23.2 Å². The van der Waals surface area contributed by atoms with Gasteiger partial charge in [-0.05, 0) is 24.3 Å². The van der Waals surface area contributed by atoms with Crippen LogP contribution in [0.3, 0.4) is 0 Å². The largest absolute Gasteiger partial charge is 0.398 e. The Bertz CT molecular complexity index is 581. The number of rotatable bonds is 2. The predicted octanol–water partition coefficient (Wildman–Crippen LogP) is 3.22. The van der Waals surface area contributed by atoms with Gasteiger partial charge in [0.25, 0.3) is 5.91 Å². The van der Waals surface area contributed by atoms with Crippen molar-refractivity contribution in [3.05, 3.63) is 52.1 Å². The number of carbonyl (C=O) groups excluding carboxylic acids is 1. The summed E-state index contributed by atoms with van der Waals surface area (Å²) < 4.78 is 0. The summed E-state index contributed by atoms with van der Waals surface area (Å²) in [6.07, 6.45) is 1.53. The van der Waals surface area contributed by atoms with Gasteiger partial charge in [-0.1, -0.05) is 29.3 Å². The third-order valence-corrected chi connectivity index (χ3v) is 2.88. The quantitative estimate of drug-likeness (QED) is 0.831. The first-order valence-corrected chi connectivity index (χ1v) is 5.81. The lowest BCUT2D eigenvalue weighted by molar-refractivity contribution is 0.102. The maximum Gasteiger partial charge on any atom is 0.260 e. The van der Waals surface area contributed by atoms with Crippen LogP contribution in [0, 0.1) is 0 Å². The van der Waals surface area contributed by atoms with Gasteiger partial charge in [0.2, 0.25) is 0 Å². The SMILES string of the molecule is Nc1cccc(Cl)c1C(=O)Nc1ncccc1Cl. The number of carbonyl (C=O) groups is 1. The molecule has 18 heavy (non-hydrogen) atoms. The second kappa shape index (κ2) is 5.25. The number of nitrogens with zero attached hydrogens (tertiary/aromatic N) is 1. The van der Waals surface area contributed by atoms with Crippen molar-refractivity contribution in [3.8, 4) is 0 Å². The number of amides is 1. The molecule has 2 rings (SSSR count). The molecule has 6 heteroatoms. The lowest BCUT2D eigenvalue weighted by atomic mass is 10.1. The molecule has 0 atom stereocenters. The Balaban J connectivity index is 2.31. The van der Waals surface area contributed by atoms with E-state index in [-0.39, 0.29) is 16.4 Å². The highest BCUT2D eigenvalue weighted by molar-refractivity contribution is 6.36. The van der Waals surface area contributed by atoms with Gasteiger partial charge in [0, 0.05) is 11.9 Å². The molecule has 1 aromatic carbocycles. The van der Waals surface area contributed by atoms with E-state index in [1.807, 2.05) is 0 Å². The Hall–Kier alpha value is -1.78. The first kappa shape index (κ1) is 12.7. The molecule has 1 amide bonds. The van der Waals surface area contributed by atoms with Crippen molar-refractivity contribution in [1.29, 1.82) is 0 Å². The van der Waals surface area contributed by atoms with Crippen molar-refractivity contribution < 1.29 is 4.79 Å². The fraction of sp³-hybridized carbons (Fsp3) is 0. The lowest BCUT2D eigenvalue weighted by Gasteiger charge is -2.09. The Kier molecular flexibility index (Phi) is 3.69. The van der Waals surface area contributed by atoms with Crippen molar-refractivity contribution in [2.45, 2.75) is 0 Å². The third kappa shape index (κ3) is 2.55. The summed E-state index contributed by atoms with van der Waals surface area (Å²) in [4.78, 5) is 16.0. The number of nitrogen functional groups attached to an aromatic ring is 1. The molecule has 1 aromatic heterocycles. The van der Waals surface area contributed by atoms with Crippen molar-refractivity contribution in [2.24, 2.45) is 0 Å². The highest BCUT2D eigenvalue weighted by atomic mass is 35.5. The number of hydrogen-bond acceptors (Lipinski definition) is 3. The summed E-state index contributed by atoms with van der Waals surface area (Å²) in [6.45, 7) is 0. The number of nitrogens with one attached hydrogen (secondary N) is 1. The number of anilines is 2. The molecule has 0 saturated heterocycles. The maximum absolute atomic E-state index is 12.0. The van der Waals surface area contributed by atoms with E-state index in [2.05, 4.69) is 10.3 Å². The van der Waals surface area contributed by atoms with Gasteiger partial charge in [0.1, 0.15) is 0 Å². The number of pyridine rings is 1. The fourth-order valence-electron chi connectivity index (χ4n) is 1.43. The van der Waals surface area contributed by atoms with Crippen LogP contribution in [0.25, 0.3) is 0 Å².